The topological polar surface area (TPSA) is 81.1 Å². The van der Waals surface area contributed by atoms with Crippen molar-refractivity contribution in [2.45, 2.75) is 26.8 Å². The van der Waals surface area contributed by atoms with Gasteiger partial charge in [-0.3, -0.25) is 9.88 Å². The van der Waals surface area contributed by atoms with Crippen molar-refractivity contribution in [3.8, 4) is 23.0 Å². The molecule has 0 aliphatic rings. The highest BCUT2D eigenvalue weighted by atomic mass is 79.9. The molecule has 186 valence electrons. The Labute approximate surface area is 218 Å². The maximum Gasteiger partial charge on any atom is 0.412 e. The summed E-state index contributed by atoms with van der Waals surface area (Å²) in [7, 11) is 3.16. The zero-order valence-electron chi connectivity index (χ0n) is 20.7. The van der Waals surface area contributed by atoms with Crippen LogP contribution in [-0.2, 0) is 0 Å². The summed E-state index contributed by atoms with van der Waals surface area (Å²) in [5.74, 6) is 2.39. The second-order valence-corrected chi connectivity index (χ2v) is 9.34. The summed E-state index contributed by atoms with van der Waals surface area (Å²) in [4.78, 5) is 18.2. The molecule has 36 heavy (non-hydrogen) atoms. The highest BCUT2D eigenvalue weighted by Gasteiger charge is 2.25. The van der Waals surface area contributed by atoms with Crippen LogP contribution < -0.4 is 19.1 Å². The molecule has 0 aliphatic carbocycles. The molecule has 4 rings (SSSR count). The summed E-state index contributed by atoms with van der Waals surface area (Å²) in [5.41, 5.74) is 3.77. The van der Waals surface area contributed by atoms with Gasteiger partial charge >= 0.3 is 6.09 Å². The van der Waals surface area contributed by atoms with Crippen molar-refractivity contribution < 1.29 is 24.1 Å². The van der Waals surface area contributed by atoms with Crippen LogP contribution in [0, 0.1) is 13.8 Å². The fourth-order valence-corrected chi connectivity index (χ4v) is 4.61. The lowest BCUT2D eigenvalue weighted by atomic mass is 10.0. The van der Waals surface area contributed by atoms with E-state index >= 15 is 0 Å². The van der Waals surface area contributed by atoms with Gasteiger partial charge in [-0.1, -0.05) is 28.1 Å². The molecule has 0 saturated carbocycles. The number of benzene rings is 3. The van der Waals surface area contributed by atoms with E-state index in [1.807, 2.05) is 63.2 Å². The molecule has 0 fully saturated rings. The predicted octanol–water partition coefficient (Wildman–Crippen LogP) is 7.67. The molecule has 1 heterocycles. The first-order chi connectivity index (χ1) is 17.2. The molecule has 1 aromatic heterocycles. The van der Waals surface area contributed by atoms with Gasteiger partial charge in [-0.15, -0.1) is 0 Å². The number of hydrogen-bond acceptors (Lipinski definition) is 5. The Bertz CT molecular complexity index is 1440. The van der Waals surface area contributed by atoms with E-state index in [1.54, 1.807) is 32.5 Å². The summed E-state index contributed by atoms with van der Waals surface area (Å²) in [6.07, 6.45) is 0.645. The molecule has 1 amide bonds. The Morgan fingerprint density at radius 1 is 0.944 bits per heavy atom. The van der Waals surface area contributed by atoms with E-state index in [9.17, 15) is 9.90 Å². The lowest BCUT2D eigenvalue weighted by Gasteiger charge is -2.29. The molecule has 0 aliphatic heterocycles. The molecule has 1 unspecified atom stereocenters. The largest absolute Gasteiger partial charge is 0.493 e. The van der Waals surface area contributed by atoms with Crippen LogP contribution in [0.25, 0.3) is 10.9 Å². The van der Waals surface area contributed by atoms with Gasteiger partial charge in [-0.2, -0.15) is 0 Å². The molecule has 8 heteroatoms. The molecule has 0 radical (unpaired) electrons. The average Bonchev–Trinajstić information content (AvgIpc) is 2.86. The molecule has 7 nitrogen and oxygen atoms in total. The van der Waals surface area contributed by atoms with E-state index in [0.29, 0.717) is 34.2 Å². The molecule has 0 bridgehead atoms. The predicted molar refractivity (Wildman–Crippen MR) is 144 cm³/mol. The molecular weight excluding hydrogens is 524 g/mol. The average molecular weight is 551 g/mol. The van der Waals surface area contributed by atoms with E-state index in [4.69, 9.17) is 14.2 Å². The van der Waals surface area contributed by atoms with Crippen molar-refractivity contribution in [2.75, 3.05) is 19.1 Å². The minimum atomic E-state index is -1.03. The Morgan fingerprint density at radius 2 is 1.67 bits per heavy atom. The van der Waals surface area contributed by atoms with Gasteiger partial charge in [0, 0.05) is 22.1 Å². The minimum Gasteiger partial charge on any atom is -0.493 e. The van der Waals surface area contributed by atoms with Gasteiger partial charge in [0.2, 0.25) is 0 Å². The van der Waals surface area contributed by atoms with Crippen molar-refractivity contribution in [1.82, 2.24) is 4.98 Å². The Morgan fingerprint density at radius 3 is 2.33 bits per heavy atom. The number of pyridine rings is 1. The Kier molecular flexibility index (Phi) is 7.35. The number of carboxylic acid groups (broad SMARTS) is 1. The summed E-state index contributed by atoms with van der Waals surface area (Å²) in [6.45, 7) is 5.65. The number of hydrogen-bond donors (Lipinski definition) is 1. The van der Waals surface area contributed by atoms with Gasteiger partial charge in [0.25, 0.3) is 0 Å². The van der Waals surface area contributed by atoms with E-state index < -0.39 is 12.1 Å². The first kappa shape index (κ1) is 25.3. The zero-order valence-corrected chi connectivity index (χ0v) is 22.3. The fourth-order valence-electron chi connectivity index (χ4n) is 4.19. The number of carbonyl (C=O) groups is 1. The third-order valence-corrected chi connectivity index (χ3v) is 6.60. The number of aromatic nitrogens is 1. The number of fused-ring (bicyclic) bond motifs is 1. The quantitative estimate of drug-likeness (QED) is 0.254. The first-order valence-electron chi connectivity index (χ1n) is 11.3. The van der Waals surface area contributed by atoms with E-state index in [0.717, 1.165) is 26.5 Å². The molecular formula is C28H27BrN2O5. The lowest BCUT2D eigenvalue weighted by Crippen LogP contribution is -2.32. The van der Waals surface area contributed by atoms with E-state index in [1.165, 1.54) is 4.90 Å². The van der Waals surface area contributed by atoms with Crippen LogP contribution in [0.15, 0.2) is 65.3 Å². The van der Waals surface area contributed by atoms with Crippen LogP contribution in [0.4, 0.5) is 10.5 Å². The monoisotopic (exact) mass is 550 g/mol. The Balaban J connectivity index is 1.73. The van der Waals surface area contributed by atoms with Crippen molar-refractivity contribution in [2.24, 2.45) is 0 Å². The van der Waals surface area contributed by atoms with Crippen LogP contribution in [0.3, 0.4) is 0 Å². The number of aryl methyl sites for hydroxylation is 2. The molecule has 1 atom stereocenters. The standard InChI is InChI=1S/C28H27BrN2O5/c1-16-12-25(36-24-9-10-30-22-15-27(35-5)26(34-4)14-21(22)24)17(2)11-23(16)31(28(32)33)18(3)19-7-6-8-20(29)13-19/h6-15,18H,1-5H3,(H,32,33). The first-order valence-corrected chi connectivity index (χ1v) is 12.1. The van der Waals surface area contributed by atoms with Crippen molar-refractivity contribution in [3.05, 3.63) is 82.0 Å². The molecule has 0 saturated heterocycles. The van der Waals surface area contributed by atoms with Crippen molar-refractivity contribution in [1.29, 1.82) is 0 Å². The number of rotatable bonds is 7. The van der Waals surface area contributed by atoms with Gasteiger partial charge in [0.15, 0.2) is 11.5 Å². The molecule has 4 aromatic rings. The highest BCUT2D eigenvalue weighted by molar-refractivity contribution is 9.10. The third-order valence-electron chi connectivity index (χ3n) is 6.10. The van der Waals surface area contributed by atoms with Gasteiger partial charge in [0.05, 0.1) is 31.5 Å². The molecule has 1 N–H and O–H groups in total. The smallest absolute Gasteiger partial charge is 0.412 e. The highest BCUT2D eigenvalue weighted by Crippen LogP contribution is 2.40. The summed E-state index contributed by atoms with van der Waals surface area (Å²) >= 11 is 3.47. The lowest BCUT2D eigenvalue weighted by molar-refractivity contribution is 0.199. The molecule has 3 aromatic carbocycles. The second-order valence-electron chi connectivity index (χ2n) is 8.42. The normalized spacial score (nSPS) is 11.7. The van der Waals surface area contributed by atoms with Gasteiger partial charge < -0.3 is 19.3 Å². The number of amides is 1. The number of ether oxygens (including phenoxy) is 3. The maximum atomic E-state index is 12.4. The van der Waals surface area contributed by atoms with E-state index in [-0.39, 0.29) is 0 Å². The van der Waals surface area contributed by atoms with Crippen molar-refractivity contribution in [3.63, 3.8) is 0 Å². The number of methoxy groups -OCH3 is 2. The fraction of sp³-hybridized carbons (Fsp3) is 0.214. The number of halogens is 1. The van der Waals surface area contributed by atoms with Gasteiger partial charge in [-0.25, -0.2) is 4.79 Å². The molecule has 0 spiro atoms. The SMILES string of the molecule is COc1cc2nccc(Oc3cc(C)c(N(C(=O)O)C(C)c4cccc(Br)c4)cc3C)c2cc1OC. The van der Waals surface area contributed by atoms with Gasteiger partial charge in [0.1, 0.15) is 11.5 Å². The van der Waals surface area contributed by atoms with Crippen molar-refractivity contribution >= 4 is 38.6 Å². The van der Waals surface area contributed by atoms with E-state index in [2.05, 4.69) is 20.9 Å². The minimum absolute atomic E-state index is 0.392. The third kappa shape index (κ3) is 4.95. The summed E-state index contributed by atoms with van der Waals surface area (Å²) in [5, 5.41) is 10.9. The Hall–Kier alpha value is -3.78. The van der Waals surface area contributed by atoms with Gasteiger partial charge in [-0.05, 0) is 73.9 Å². The second kappa shape index (κ2) is 10.5. The van der Waals surface area contributed by atoms with Crippen LogP contribution in [0.2, 0.25) is 0 Å². The van der Waals surface area contributed by atoms with Crippen LogP contribution in [0.1, 0.15) is 29.7 Å². The zero-order chi connectivity index (χ0) is 26.0. The number of anilines is 1. The summed E-state index contributed by atoms with van der Waals surface area (Å²) < 4.78 is 18.1. The van der Waals surface area contributed by atoms with Crippen LogP contribution in [-0.4, -0.2) is 30.4 Å². The number of nitrogens with zero attached hydrogens (tertiary/aromatic N) is 2. The maximum absolute atomic E-state index is 12.4. The van der Waals surface area contributed by atoms with Crippen LogP contribution >= 0.6 is 15.9 Å². The summed E-state index contributed by atoms with van der Waals surface area (Å²) in [6, 6.07) is 16.4. The van der Waals surface area contributed by atoms with Crippen LogP contribution in [0.5, 0.6) is 23.0 Å².